The van der Waals surface area contributed by atoms with Crippen molar-refractivity contribution in [2.24, 2.45) is 0 Å². The van der Waals surface area contributed by atoms with E-state index in [-0.39, 0.29) is 23.4 Å². The van der Waals surface area contributed by atoms with Crippen LogP contribution in [0.15, 0.2) is 27.8 Å². The standard InChI is InChI=1S/C19H17F4N3O6S2/c20-12-6-13(21)18(23)19(17(12)22)32-10-11(27)7-24-14(28)8-25-3-4-26(9-15(25)29)34(30,31)16-2-1-5-33-16/h1-2,5-6H,3-4,7-10H2,(H,24,28). The highest BCUT2D eigenvalue weighted by Gasteiger charge is 2.34. The maximum Gasteiger partial charge on any atom is 0.253 e. The summed E-state index contributed by atoms with van der Waals surface area (Å²) in [4.78, 5) is 37.3. The van der Waals surface area contributed by atoms with Gasteiger partial charge in [-0.3, -0.25) is 14.4 Å². The Morgan fingerprint density at radius 2 is 1.79 bits per heavy atom. The van der Waals surface area contributed by atoms with Crippen LogP contribution in [0.1, 0.15) is 0 Å². The van der Waals surface area contributed by atoms with E-state index in [1.807, 2.05) is 0 Å². The third-order valence-corrected chi connectivity index (χ3v) is 7.86. The molecule has 15 heteroatoms. The number of thiophene rings is 1. The highest BCUT2D eigenvalue weighted by atomic mass is 32.2. The quantitative estimate of drug-likeness (QED) is 0.386. The molecule has 2 heterocycles. The molecule has 0 aliphatic carbocycles. The van der Waals surface area contributed by atoms with Crippen molar-refractivity contribution in [3.63, 3.8) is 0 Å². The maximum atomic E-state index is 13.5. The largest absolute Gasteiger partial charge is 0.479 e. The third-order valence-electron chi connectivity index (χ3n) is 4.64. The summed E-state index contributed by atoms with van der Waals surface area (Å²) in [6.45, 7) is -2.65. The van der Waals surface area contributed by atoms with Crippen molar-refractivity contribution < 1.29 is 45.1 Å². The Balaban J connectivity index is 1.46. The Hall–Kier alpha value is -3.04. The molecule has 0 saturated carbocycles. The lowest BCUT2D eigenvalue weighted by Crippen LogP contribution is -2.54. The zero-order chi connectivity index (χ0) is 25.0. The number of Topliss-reactive ketones (excluding diaryl/α,β-unsaturated/α-hetero) is 1. The van der Waals surface area contributed by atoms with E-state index in [4.69, 9.17) is 0 Å². The van der Waals surface area contributed by atoms with E-state index in [9.17, 15) is 40.4 Å². The van der Waals surface area contributed by atoms with Crippen LogP contribution in [0.5, 0.6) is 5.75 Å². The number of carbonyl (C=O) groups excluding carboxylic acids is 3. The van der Waals surface area contributed by atoms with Crippen molar-refractivity contribution in [1.82, 2.24) is 14.5 Å². The molecule has 1 aliphatic rings. The number of ether oxygens (including phenoxy) is 1. The molecule has 0 radical (unpaired) electrons. The maximum absolute atomic E-state index is 13.5. The van der Waals surface area contributed by atoms with Gasteiger partial charge in [-0.25, -0.2) is 17.2 Å². The van der Waals surface area contributed by atoms with Gasteiger partial charge in [-0.2, -0.15) is 13.1 Å². The first kappa shape index (κ1) is 25.6. The molecule has 0 bridgehead atoms. The summed E-state index contributed by atoms with van der Waals surface area (Å²) in [6, 6.07) is 2.96. The lowest BCUT2D eigenvalue weighted by atomic mass is 10.3. The van der Waals surface area contributed by atoms with E-state index >= 15 is 0 Å². The summed E-state index contributed by atoms with van der Waals surface area (Å²) < 4.78 is 83.9. The topological polar surface area (TPSA) is 113 Å². The van der Waals surface area contributed by atoms with Crippen molar-refractivity contribution in [3.8, 4) is 5.75 Å². The monoisotopic (exact) mass is 523 g/mol. The number of nitrogens with one attached hydrogen (secondary N) is 1. The molecule has 1 aliphatic heterocycles. The van der Waals surface area contributed by atoms with Gasteiger partial charge in [0, 0.05) is 19.2 Å². The van der Waals surface area contributed by atoms with Gasteiger partial charge in [0.2, 0.25) is 23.4 Å². The van der Waals surface area contributed by atoms with Gasteiger partial charge < -0.3 is 15.0 Å². The zero-order valence-electron chi connectivity index (χ0n) is 17.2. The molecule has 2 aromatic rings. The van der Waals surface area contributed by atoms with Crippen LogP contribution in [0.2, 0.25) is 0 Å². The fraction of sp³-hybridized carbons (Fsp3) is 0.316. The first-order valence-electron chi connectivity index (χ1n) is 9.56. The van der Waals surface area contributed by atoms with E-state index in [0.717, 1.165) is 20.5 Å². The molecule has 2 amide bonds. The van der Waals surface area contributed by atoms with Crippen LogP contribution < -0.4 is 10.1 Å². The van der Waals surface area contributed by atoms with E-state index in [1.165, 1.54) is 6.07 Å². The number of rotatable bonds is 9. The first-order valence-corrected chi connectivity index (χ1v) is 11.9. The second-order valence-electron chi connectivity index (χ2n) is 6.99. The predicted molar refractivity (Wildman–Crippen MR) is 109 cm³/mol. The number of ketones is 1. The predicted octanol–water partition coefficient (Wildman–Crippen LogP) is 0.902. The molecule has 1 aromatic heterocycles. The number of halogens is 4. The second-order valence-corrected chi connectivity index (χ2v) is 10.1. The van der Waals surface area contributed by atoms with Crippen LogP contribution in [-0.4, -0.2) is 74.6 Å². The van der Waals surface area contributed by atoms with Crippen LogP contribution in [-0.2, 0) is 24.4 Å². The summed E-state index contributed by atoms with van der Waals surface area (Å²) in [6.07, 6.45) is 0. The Morgan fingerprint density at radius 1 is 1.12 bits per heavy atom. The molecular formula is C19H17F4N3O6S2. The molecule has 0 atom stereocenters. The lowest BCUT2D eigenvalue weighted by molar-refractivity contribution is -0.138. The Bertz CT molecular complexity index is 1180. The zero-order valence-corrected chi connectivity index (χ0v) is 18.9. The molecule has 184 valence electrons. The van der Waals surface area contributed by atoms with Crippen LogP contribution >= 0.6 is 11.3 Å². The van der Waals surface area contributed by atoms with Gasteiger partial charge in [-0.15, -0.1) is 11.3 Å². The summed E-state index contributed by atoms with van der Waals surface area (Å²) in [7, 11) is -3.82. The van der Waals surface area contributed by atoms with E-state index in [1.54, 1.807) is 11.4 Å². The van der Waals surface area contributed by atoms with Gasteiger partial charge in [-0.05, 0) is 11.4 Å². The molecule has 3 rings (SSSR count). The van der Waals surface area contributed by atoms with Crippen molar-refractivity contribution in [1.29, 1.82) is 0 Å². The Labute approximate surface area is 194 Å². The summed E-state index contributed by atoms with van der Waals surface area (Å²) in [5.41, 5.74) is 0. The molecular weight excluding hydrogens is 506 g/mol. The van der Waals surface area contributed by atoms with E-state index in [0.29, 0.717) is 0 Å². The summed E-state index contributed by atoms with van der Waals surface area (Å²) >= 11 is 1.01. The number of sulfonamides is 1. The molecule has 0 spiro atoms. The van der Waals surface area contributed by atoms with E-state index in [2.05, 4.69) is 10.1 Å². The van der Waals surface area contributed by atoms with Crippen molar-refractivity contribution >= 4 is 39.0 Å². The minimum Gasteiger partial charge on any atom is -0.479 e. The van der Waals surface area contributed by atoms with E-state index < -0.39 is 82.9 Å². The SMILES string of the molecule is O=C(CNC(=O)CN1CCN(S(=O)(=O)c2cccs2)CC1=O)COc1c(F)c(F)cc(F)c1F. The smallest absolute Gasteiger partial charge is 0.253 e. The molecule has 1 aromatic carbocycles. The Morgan fingerprint density at radius 3 is 2.38 bits per heavy atom. The van der Waals surface area contributed by atoms with Crippen LogP contribution in [0.3, 0.4) is 0 Å². The number of hydrogen-bond donors (Lipinski definition) is 1. The number of hydrogen-bond acceptors (Lipinski definition) is 7. The second kappa shape index (κ2) is 10.5. The number of piperazine rings is 1. The molecule has 34 heavy (non-hydrogen) atoms. The first-order chi connectivity index (χ1) is 16.0. The minimum atomic E-state index is -3.82. The fourth-order valence-corrected chi connectivity index (χ4v) is 5.43. The van der Waals surface area contributed by atoms with Crippen LogP contribution in [0.25, 0.3) is 0 Å². The molecule has 1 saturated heterocycles. The van der Waals surface area contributed by atoms with Crippen molar-refractivity contribution in [2.45, 2.75) is 4.21 Å². The van der Waals surface area contributed by atoms with Crippen LogP contribution in [0.4, 0.5) is 17.6 Å². The third kappa shape index (κ3) is 5.71. The van der Waals surface area contributed by atoms with Crippen molar-refractivity contribution in [3.05, 3.63) is 46.8 Å². The van der Waals surface area contributed by atoms with Gasteiger partial charge in [0.05, 0.1) is 19.6 Å². The van der Waals surface area contributed by atoms with Crippen molar-refractivity contribution in [2.75, 3.05) is 39.3 Å². The highest BCUT2D eigenvalue weighted by molar-refractivity contribution is 7.91. The summed E-state index contributed by atoms with van der Waals surface area (Å²) in [5, 5.41) is 3.76. The number of amides is 2. The number of benzene rings is 1. The summed E-state index contributed by atoms with van der Waals surface area (Å²) in [5.74, 6) is -10.7. The average molecular weight is 523 g/mol. The molecule has 1 fully saturated rings. The number of nitrogens with zero attached hydrogens (tertiary/aromatic N) is 2. The van der Waals surface area contributed by atoms with Gasteiger partial charge >= 0.3 is 0 Å². The van der Waals surface area contributed by atoms with Gasteiger partial charge in [0.1, 0.15) is 10.8 Å². The minimum absolute atomic E-state index is 0.0156. The van der Waals surface area contributed by atoms with Gasteiger partial charge in [0.25, 0.3) is 10.0 Å². The fourth-order valence-electron chi connectivity index (χ4n) is 2.90. The molecule has 9 nitrogen and oxygen atoms in total. The van der Waals surface area contributed by atoms with Crippen LogP contribution in [0, 0.1) is 23.3 Å². The highest BCUT2D eigenvalue weighted by Crippen LogP contribution is 2.26. The molecule has 0 unspecified atom stereocenters. The normalized spacial score (nSPS) is 14.8. The molecule has 1 N–H and O–H groups in total. The van der Waals surface area contributed by atoms with Gasteiger partial charge in [-0.1, -0.05) is 6.07 Å². The average Bonchev–Trinajstić information content (AvgIpc) is 3.33. The Kier molecular flexibility index (Phi) is 7.89. The lowest BCUT2D eigenvalue weighted by Gasteiger charge is -2.32. The van der Waals surface area contributed by atoms with Gasteiger partial charge in [0.15, 0.2) is 23.2 Å². The number of carbonyl (C=O) groups is 3.